The average Bonchev–Trinajstić information content (AvgIpc) is 2.55. The summed E-state index contributed by atoms with van der Waals surface area (Å²) >= 11 is 0. The molecule has 0 atom stereocenters. The van der Waals surface area contributed by atoms with Crippen LogP contribution in [-0.2, 0) is 6.42 Å². The number of nitrogens with zero attached hydrogens (tertiary/aromatic N) is 2. The highest BCUT2D eigenvalue weighted by Gasteiger charge is 2.17. The van der Waals surface area contributed by atoms with Gasteiger partial charge >= 0.3 is 0 Å². The van der Waals surface area contributed by atoms with Crippen molar-refractivity contribution in [1.29, 1.82) is 0 Å². The zero-order chi connectivity index (χ0) is 16.4. The summed E-state index contributed by atoms with van der Waals surface area (Å²) in [5.74, 6) is 0.797. The molecule has 0 bridgehead atoms. The molecule has 0 spiro atoms. The van der Waals surface area contributed by atoms with Gasteiger partial charge in [0, 0.05) is 23.6 Å². The van der Waals surface area contributed by atoms with Gasteiger partial charge in [0.05, 0.1) is 23.1 Å². The number of methoxy groups -OCH3 is 1. The summed E-state index contributed by atoms with van der Waals surface area (Å²) in [6, 6.07) is 13.1. The smallest absolute Gasteiger partial charge is 0.280 e. The predicted molar refractivity (Wildman–Crippen MR) is 88.9 cm³/mol. The third-order valence-electron chi connectivity index (χ3n) is 3.91. The Hall–Kier alpha value is -2.95. The quantitative estimate of drug-likeness (QED) is 0.538. The number of benzene rings is 2. The van der Waals surface area contributed by atoms with E-state index < -0.39 is 0 Å². The van der Waals surface area contributed by atoms with E-state index >= 15 is 0 Å². The first-order valence-corrected chi connectivity index (χ1v) is 7.24. The third-order valence-corrected chi connectivity index (χ3v) is 3.91. The molecule has 0 N–H and O–H groups in total. The van der Waals surface area contributed by atoms with Crippen molar-refractivity contribution < 1.29 is 9.66 Å². The fraction of sp³-hybridized carbons (Fsp3) is 0.167. The van der Waals surface area contributed by atoms with Gasteiger partial charge in [0.15, 0.2) is 0 Å². The molecule has 0 unspecified atom stereocenters. The zero-order valence-electron chi connectivity index (χ0n) is 12.9. The maximum atomic E-state index is 11.3. The molecule has 1 heterocycles. The van der Waals surface area contributed by atoms with Crippen molar-refractivity contribution in [1.82, 2.24) is 4.98 Å². The number of aryl methyl sites for hydroxylation is 1. The maximum absolute atomic E-state index is 11.3. The highest BCUT2D eigenvalue weighted by molar-refractivity contribution is 5.93. The van der Waals surface area contributed by atoms with Crippen molar-refractivity contribution in [2.75, 3.05) is 7.11 Å². The molecule has 0 saturated heterocycles. The summed E-state index contributed by atoms with van der Waals surface area (Å²) < 4.78 is 5.15. The van der Waals surface area contributed by atoms with Crippen LogP contribution in [0.25, 0.3) is 10.8 Å². The minimum atomic E-state index is -0.325. The maximum Gasteiger partial charge on any atom is 0.280 e. The fourth-order valence-electron chi connectivity index (χ4n) is 2.73. The Labute approximate surface area is 133 Å². The van der Waals surface area contributed by atoms with E-state index in [-0.39, 0.29) is 10.6 Å². The lowest BCUT2D eigenvalue weighted by atomic mass is 10.0. The van der Waals surface area contributed by atoms with Gasteiger partial charge in [-0.25, -0.2) is 0 Å². The average molecular weight is 308 g/mol. The predicted octanol–water partition coefficient (Wildman–Crippen LogP) is 4.05. The number of hydrogen-bond acceptors (Lipinski definition) is 4. The topological polar surface area (TPSA) is 65.3 Å². The molecule has 0 aliphatic heterocycles. The van der Waals surface area contributed by atoms with E-state index in [0.717, 1.165) is 22.4 Å². The first kappa shape index (κ1) is 15.0. The second-order valence-corrected chi connectivity index (χ2v) is 5.37. The van der Waals surface area contributed by atoms with Crippen LogP contribution in [0.5, 0.6) is 5.75 Å². The summed E-state index contributed by atoms with van der Waals surface area (Å²) in [5.41, 5.74) is 2.72. The summed E-state index contributed by atoms with van der Waals surface area (Å²) in [7, 11) is 1.63. The zero-order valence-corrected chi connectivity index (χ0v) is 12.9. The molecule has 0 aliphatic rings. The molecule has 0 fully saturated rings. The van der Waals surface area contributed by atoms with Crippen molar-refractivity contribution in [3.63, 3.8) is 0 Å². The molecule has 0 saturated carbocycles. The molecule has 5 heteroatoms. The van der Waals surface area contributed by atoms with Crippen LogP contribution in [0, 0.1) is 17.0 Å². The fourth-order valence-corrected chi connectivity index (χ4v) is 2.73. The van der Waals surface area contributed by atoms with Crippen LogP contribution in [0.1, 0.15) is 16.8 Å². The molecule has 2 aromatic carbocycles. The lowest BCUT2D eigenvalue weighted by Crippen LogP contribution is -1.98. The van der Waals surface area contributed by atoms with E-state index in [4.69, 9.17) is 4.74 Å². The lowest BCUT2D eigenvalue weighted by Gasteiger charge is -2.08. The van der Waals surface area contributed by atoms with Crippen LogP contribution in [0.4, 0.5) is 5.69 Å². The molecule has 3 rings (SSSR count). The number of hydrogen-bond donors (Lipinski definition) is 0. The van der Waals surface area contributed by atoms with Crippen LogP contribution in [0.3, 0.4) is 0 Å². The molecule has 0 amide bonds. The standard InChI is InChI=1S/C18H16N2O3/c1-12-3-8-15-16(18(12)20(21)22)9-10-19-17(15)11-13-4-6-14(23-2)7-5-13/h3-10H,11H2,1-2H3. The monoisotopic (exact) mass is 308 g/mol. The number of rotatable bonds is 4. The SMILES string of the molecule is COc1ccc(Cc2nccc3c([N+](=O)[O-])c(C)ccc23)cc1. The first-order valence-electron chi connectivity index (χ1n) is 7.24. The number of pyridine rings is 1. The molecule has 5 nitrogen and oxygen atoms in total. The lowest BCUT2D eigenvalue weighted by molar-refractivity contribution is -0.383. The van der Waals surface area contributed by atoms with E-state index in [2.05, 4.69) is 4.98 Å². The highest BCUT2D eigenvalue weighted by Crippen LogP contribution is 2.31. The number of nitro benzene ring substituents is 1. The Morgan fingerprint density at radius 1 is 1.09 bits per heavy atom. The summed E-state index contributed by atoms with van der Waals surface area (Å²) in [6.45, 7) is 1.75. The molecule has 3 aromatic rings. The normalized spacial score (nSPS) is 10.7. The summed E-state index contributed by atoms with van der Waals surface area (Å²) in [5, 5.41) is 12.8. The van der Waals surface area contributed by atoms with Crippen LogP contribution in [-0.4, -0.2) is 17.0 Å². The van der Waals surface area contributed by atoms with Gasteiger partial charge in [-0.3, -0.25) is 15.1 Å². The van der Waals surface area contributed by atoms with Crippen molar-refractivity contribution in [3.05, 3.63) is 75.6 Å². The van der Waals surface area contributed by atoms with Gasteiger partial charge < -0.3 is 4.74 Å². The first-order chi connectivity index (χ1) is 11.1. The van der Waals surface area contributed by atoms with E-state index in [0.29, 0.717) is 17.4 Å². The van der Waals surface area contributed by atoms with Crippen molar-refractivity contribution in [3.8, 4) is 5.75 Å². The van der Waals surface area contributed by atoms with Crippen molar-refractivity contribution in [2.24, 2.45) is 0 Å². The van der Waals surface area contributed by atoms with Crippen molar-refractivity contribution in [2.45, 2.75) is 13.3 Å². The number of fused-ring (bicyclic) bond motifs is 1. The van der Waals surface area contributed by atoms with Crippen LogP contribution in [0.2, 0.25) is 0 Å². The van der Waals surface area contributed by atoms with E-state index in [9.17, 15) is 10.1 Å². The highest BCUT2D eigenvalue weighted by atomic mass is 16.6. The summed E-state index contributed by atoms with van der Waals surface area (Å²) in [6.07, 6.45) is 2.25. The molecule has 0 aliphatic carbocycles. The summed E-state index contributed by atoms with van der Waals surface area (Å²) in [4.78, 5) is 15.4. The van der Waals surface area contributed by atoms with Crippen LogP contribution >= 0.6 is 0 Å². The number of nitro groups is 1. The van der Waals surface area contributed by atoms with E-state index in [1.165, 1.54) is 0 Å². The van der Waals surface area contributed by atoms with Crippen LogP contribution < -0.4 is 4.74 Å². The van der Waals surface area contributed by atoms with Gasteiger partial charge in [-0.1, -0.05) is 24.3 Å². The molecular formula is C18H16N2O3. The molecule has 0 radical (unpaired) electrons. The Morgan fingerprint density at radius 3 is 2.48 bits per heavy atom. The van der Waals surface area contributed by atoms with E-state index in [1.54, 1.807) is 32.4 Å². The van der Waals surface area contributed by atoms with Gasteiger partial charge in [0.1, 0.15) is 5.75 Å². The number of ether oxygens (including phenoxy) is 1. The van der Waals surface area contributed by atoms with Gasteiger partial charge in [-0.15, -0.1) is 0 Å². The minimum Gasteiger partial charge on any atom is -0.497 e. The van der Waals surface area contributed by atoms with Gasteiger partial charge in [-0.05, 0) is 30.7 Å². The number of aromatic nitrogens is 1. The second kappa shape index (κ2) is 6.04. The third kappa shape index (κ3) is 2.85. The van der Waals surface area contributed by atoms with Crippen molar-refractivity contribution >= 4 is 16.5 Å². The second-order valence-electron chi connectivity index (χ2n) is 5.37. The largest absolute Gasteiger partial charge is 0.497 e. The molecule has 116 valence electrons. The van der Waals surface area contributed by atoms with Gasteiger partial charge in [0.25, 0.3) is 5.69 Å². The molecule has 23 heavy (non-hydrogen) atoms. The van der Waals surface area contributed by atoms with Gasteiger partial charge in [-0.2, -0.15) is 0 Å². The van der Waals surface area contributed by atoms with Gasteiger partial charge in [0.2, 0.25) is 0 Å². The Balaban J connectivity index is 2.07. The molecular weight excluding hydrogens is 292 g/mol. The molecule has 1 aromatic heterocycles. The van der Waals surface area contributed by atoms with E-state index in [1.807, 2.05) is 30.3 Å². The van der Waals surface area contributed by atoms with Crippen LogP contribution in [0.15, 0.2) is 48.7 Å². The Kier molecular flexibility index (Phi) is 3.93. The Morgan fingerprint density at radius 2 is 1.83 bits per heavy atom. The minimum absolute atomic E-state index is 0.154. The Bertz CT molecular complexity index is 873.